The number of hydrogen-bond acceptors (Lipinski definition) is 7. The lowest BCUT2D eigenvalue weighted by Gasteiger charge is -2.15. The summed E-state index contributed by atoms with van der Waals surface area (Å²) in [5.41, 5.74) is 0.929. The van der Waals surface area contributed by atoms with E-state index in [2.05, 4.69) is 5.32 Å². The molecule has 1 aromatic carbocycles. The summed E-state index contributed by atoms with van der Waals surface area (Å²) in [7, 11) is 0. The van der Waals surface area contributed by atoms with E-state index in [1.807, 2.05) is 6.07 Å². The Bertz CT molecular complexity index is 972. The zero-order valence-corrected chi connectivity index (χ0v) is 15.6. The van der Waals surface area contributed by atoms with Crippen LogP contribution in [0.4, 0.5) is 5.00 Å². The minimum absolute atomic E-state index is 0.136. The lowest BCUT2D eigenvalue weighted by Crippen LogP contribution is -2.34. The van der Waals surface area contributed by atoms with Crippen molar-refractivity contribution in [3.63, 3.8) is 0 Å². The van der Waals surface area contributed by atoms with Gasteiger partial charge in [0.15, 0.2) is 6.10 Å². The van der Waals surface area contributed by atoms with Gasteiger partial charge in [-0.25, -0.2) is 0 Å². The molecule has 28 heavy (non-hydrogen) atoms. The second-order valence-corrected chi connectivity index (χ2v) is 6.87. The van der Waals surface area contributed by atoms with Crippen LogP contribution in [0, 0.1) is 11.3 Å². The number of benzene rings is 1. The fraction of sp³-hybridized carbons (Fsp3) is 0.211. The van der Waals surface area contributed by atoms with Gasteiger partial charge in [-0.1, -0.05) is 12.1 Å². The minimum Gasteiger partial charge on any atom is -0.452 e. The van der Waals surface area contributed by atoms with Gasteiger partial charge < -0.3 is 10.1 Å². The highest BCUT2D eigenvalue weighted by molar-refractivity contribution is 7.14. The Balaban J connectivity index is 1.52. The van der Waals surface area contributed by atoms with Crippen LogP contribution in [0.1, 0.15) is 39.6 Å². The Hall–Kier alpha value is -3.51. The standard InChI is InChI=1S/C19H15N3O5S/c1-11(16(24)21-17-12(10-20)7-9-28-17)27-15(23)6-8-22-18(25)13-4-2-3-5-14(13)19(22)26/h2-5,7,9,11H,6,8H2,1H3,(H,21,24)/t11-/m1/s1. The molecule has 1 aliphatic rings. The van der Waals surface area contributed by atoms with E-state index >= 15 is 0 Å². The van der Waals surface area contributed by atoms with Crippen molar-refractivity contribution in [2.45, 2.75) is 19.4 Å². The number of nitriles is 1. The van der Waals surface area contributed by atoms with Crippen LogP contribution in [0.5, 0.6) is 0 Å². The highest BCUT2D eigenvalue weighted by Crippen LogP contribution is 2.23. The molecular formula is C19H15N3O5S. The van der Waals surface area contributed by atoms with Crippen LogP contribution in [0.15, 0.2) is 35.7 Å². The maximum atomic E-state index is 12.3. The van der Waals surface area contributed by atoms with E-state index in [0.29, 0.717) is 21.7 Å². The number of esters is 1. The third-order valence-corrected chi connectivity index (χ3v) is 4.95. The zero-order valence-electron chi connectivity index (χ0n) is 14.8. The number of hydrogen-bond donors (Lipinski definition) is 1. The molecule has 0 radical (unpaired) electrons. The molecule has 1 aromatic heterocycles. The smallest absolute Gasteiger partial charge is 0.308 e. The monoisotopic (exact) mass is 397 g/mol. The van der Waals surface area contributed by atoms with Crippen LogP contribution in [0.3, 0.4) is 0 Å². The van der Waals surface area contributed by atoms with Gasteiger partial charge in [-0.05, 0) is 30.5 Å². The molecule has 8 nitrogen and oxygen atoms in total. The van der Waals surface area contributed by atoms with Crippen LogP contribution in [-0.4, -0.2) is 41.2 Å². The Morgan fingerprint density at radius 2 is 1.86 bits per heavy atom. The van der Waals surface area contributed by atoms with Gasteiger partial charge in [-0.15, -0.1) is 11.3 Å². The molecule has 0 spiro atoms. The van der Waals surface area contributed by atoms with Crippen molar-refractivity contribution in [1.82, 2.24) is 4.90 Å². The number of carbonyl (C=O) groups excluding carboxylic acids is 4. The van der Waals surface area contributed by atoms with Crippen molar-refractivity contribution in [3.8, 4) is 6.07 Å². The number of ether oxygens (including phenoxy) is 1. The van der Waals surface area contributed by atoms with Crippen LogP contribution in [0.25, 0.3) is 0 Å². The van der Waals surface area contributed by atoms with Gasteiger partial charge in [0.25, 0.3) is 17.7 Å². The van der Waals surface area contributed by atoms with Crippen LogP contribution in [0.2, 0.25) is 0 Å². The Labute approximate surface area is 164 Å². The summed E-state index contributed by atoms with van der Waals surface area (Å²) in [5, 5.41) is 13.5. The number of anilines is 1. The largest absolute Gasteiger partial charge is 0.452 e. The fourth-order valence-electron chi connectivity index (χ4n) is 2.66. The van der Waals surface area contributed by atoms with Crippen molar-refractivity contribution < 1.29 is 23.9 Å². The number of amides is 3. The lowest BCUT2D eigenvalue weighted by molar-refractivity contribution is -0.153. The summed E-state index contributed by atoms with van der Waals surface area (Å²) in [6.45, 7) is 1.26. The lowest BCUT2D eigenvalue weighted by atomic mass is 10.1. The third kappa shape index (κ3) is 3.77. The van der Waals surface area contributed by atoms with Gasteiger partial charge in [0.05, 0.1) is 23.1 Å². The number of carbonyl (C=O) groups is 4. The SMILES string of the molecule is C[C@@H](OC(=O)CCN1C(=O)c2ccccc2C1=O)C(=O)Nc1sccc1C#N. The van der Waals surface area contributed by atoms with E-state index in [0.717, 1.165) is 4.90 Å². The van der Waals surface area contributed by atoms with Crippen LogP contribution in [-0.2, 0) is 14.3 Å². The van der Waals surface area contributed by atoms with Gasteiger partial charge in [0.2, 0.25) is 0 Å². The summed E-state index contributed by atoms with van der Waals surface area (Å²) in [4.78, 5) is 49.6. The normalized spacial score (nSPS) is 13.6. The highest BCUT2D eigenvalue weighted by atomic mass is 32.1. The molecule has 1 atom stereocenters. The zero-order chi connectivity index (χ0) is 20.3. The molecule has 2 heterocycles. The quantitative estimate of drug-likeness (QED) is 0.590. The molecule has 3 rings (SSSR count). The molecule has 0 fully saturated rings. The summed E-state index contributed by atoms with van der Waals surface area (Å²) in [6.07, 6.45) is -1.32. The molecule has 0 aliphatic carbocycles. The number of imide groups is 1. The highest BCUT2D eigenvalue weighted by Gasteiger charge is 2.35. The van der Waals surface area contributed by atoms with Gasteiger partial charge in [-0.3, -0.25) is 24.1 Å². The maximum absolute atomic E-state index is 12.3. The van der Waals surface area contributed by atoms with Crippen molar-refractivity contribution in [3.05, 3.63) is 52.4 Å². The summed E-state index contributed by atoms with van der Waals surface area (Å²) < 4.78 is 5.06. The van der Waals surface area contributed by atoms with Gasteiger partial charge in [-0.2, -0.15) is 5.26 Å². The molecule has 0 unspecified atom stereocenters. The van der Waals surface area contributed by atoms with Gasteiger partial charge in [0.1, 0.15) is 11.1 Å². The van der Waals surface area contributed by atoms with Gasteiger partial charge >= 0.3 is 5.97 Å². The van der Waals surface area contributed by atoms with E-state index < -0.39 is 29.8 Å². The van der Waals surface area contributed by atoms with E-state index in [4.69, 9.17) is 10.00 Å². The predicted octanol–water partition coefficient (Wildman–Crippen LogP) is 2.18. The summed E-state index contributed by atoms with van der Waals surface area (Å²) in [5.74, 6) is -2.21. The Kier molecular flexibility index (Phi) is 5.52. The molecule has 2 aromatic rings. The average Bonchev–Trinajstić information content (AvgIpc) is 3.23. The van der Waals surface area contributed by atoms with E-state index in [-0.39, 0.29) is 13.0 Å². The van der Waals surface area contributed by atoms with Crippen LogP contribution >= 0.6 is 11.3 Å². The van der Waals surface area contributed by atoms with Crippen molar-refractivity contribution in [2.75, 3.05) is 11.9 Å². The molecular weight excluding hydrogens is 382 g/mol. The third-order valence-electron chi connectivity index (χ3n) is 4.12. The van der Waals surface area contributed by atoms with E-state index in [9.17, 15) is 19.2 Å². The van der Waals surface area contributed by atoms with E-state index in [1.165, 1.54) is 18.3 Å². The number of thiophene rings is 1. The van der Waals surface area contributed by atoms with Crippen LogP contribution < -0.4 is 5.32 Å². The maximum Gasteiger partial charge on any atom is 0.308 e. The first-order valence-electron chi connectivity index (χ1n) is 8.35. The molecule has 0 saturated heterocycles. The second-order valence-electron chi connectivity index (χ2n) is 5.95. The molecule has 1 N–H and O–H groups in total. The summed E-state index contributed by atoms with van der Waals surface area (Å²) in [6, 6.07) is 9.95. The Morgan fingerprint density at radius 3 is 2.46 bits per heavy atom. The molecule has 1 aliphatic heterocycles. The predicted molar refractivity (Wildman–Crippen MR) is 99.6 cm³/mol. The van der Waals surface area contributed by atoms with Crippen molar-refractivity contribution in [1.29, 1.82) is 5.26 Å². The first kappa shape index (κ1) is 19.3. The first-order chi connectivity index (χ1) is 13.4. The first-order valence-corrected chi connectivity index (χ1v) is 9.23. The number of fused-ring (bicyclic) bond motifs is 1. The molecule has 9 heteroatoms. The second kappa shape index (κ2) is 8.02. The van der Waals surface area contributed by atoms with E-state index in [1.54, 1.807) is 35.7 Å². The number of rotatable bonds is 6. The van der Waals surface area contributed by atoms with Crippen molar-refractivity contribution >= 4 is 40.0 Å². The molecule has 0 bridgehead atoms. The Morgan fingerprint density at radius 1 is 1.21 bits per heavy atom. The average molecular weight is 397 g/mol. The number of nitrogens with one attached hydrogen (secondary N) is 1. The fourth-order valence-corrected chi connectivity index (χ4v) is 3.40. The van der Waals surface area contributed by atoms with Crippen molar-refractivity contribution in [2.24, 2.45) is 0 Å². The van der Waals surface area contributed by atoms with Gasteiger partial charge in [0, 0.05) is 6.54 Å². The molecule has 142 valence electrons. The summed E-state index contributed by atoms with van der Waals surface area (Å²) >= 11 is 1.18. The molecule has 0 saturated carbocycles. The number of nitrogens with zero attached hydrogens (tertiary/aromatic N) is 2. The topological polar surface area (TPSA) is 117 Å². The minimum atomic E-state index is -1.09. The molecule has 3 amide bonds.